The summed E-state index contributed by atoms with van der Waals surface area (Å²) >= 11 is 3.33. The molecule has 0 amide bonds. The van der Waals surface area contributed by atoms with Gasteiger partial charge in [-0.2, -0.15) is 0 Å². The highest BCUT2D eigenvalue weighted by Crippen LogP contribution is 2.21. The number of benzene rings is 1. The van der Waals surface area contributed by atoms with E-state index in [2.05, 4.69) is 21.2 Å². The zero-order chi connectivity index (χ0) is 12.0. The van der Waals surface area contributed by atoms with E-state index in [0.717, 1.165) is 10.0 Å². The van der Waals surface area contributed by atoms with Crippen LogP contribution in [0.5, 0.6) is 5.75 Å². The molecule has 0 radical (unpaired) electrons. The molecule has 0 heterocycles. The molecule has 1 aromatic carbocycles. The number of aliphatic hydroxyl groups excluding tert-OH is 1. The van der Waals surface area contributed by atoms with Gasteiger partial charge in [-0.25, -0.2) is 0 Å². The molecular weight excluding hydrogens is 274 g/mol. The molecule has 0 bridgehead atoms. The number of aromatic hydroxyl groups is 1. The number of rotatable bonds is 6. The maximum atomic E-state index is 9.56. The van der Waals surface area contributed by atoms with Crippen LogP contribution in [0.2, 0.25) is 0 Å². The molecule has 1 unspecified atom stereocenters. The van der Waals surface area contributed by atoms with Gasteiger partial charge in [-0.15, -0.1) is 0 Å². The van der Waals surface area contributed by atoms with E-state index in [9.17, 15) is 10.2 Å². The molecule has 0 saturated carbocycles. The highest BCUT2D eigenvalue weighted by atomic mass is 79.9. The highest BCUT2D eigenvalue weighted by Gasteiger charge is 2.05. The number of methoxy groups -OCH3 is 1. The number of phenolic OH excluding ortho intramolecular Hbond substituents is 1. The van der Waals surface area contributed by atoms with Gasteiger partial charge in [0.15, 0.2) is 0 Å². The number of hydrogen-bond acceptors (Lipinski definition) is 4. The zero-order valence-corrected chi connectivity index (χ0v) is 10.7. The maximum Gasteiger partial charge on any atom is 0.120 e. The van der Waals surface area contributed by atoms with Crippen LogP contribution in [0.15, 0.2) is 22.7 Å². The lowest BCUT2D eigenvalue weighted by atomic mass is 10.2. The van der Waals surface area contributed by atoms with Gasteiger partial charge in [-0.3, -0.25) is 0 Å². The van der Waals surface area contributed by atoms with Gasteiger partial charge < -0.3 is 20.3 Å². The lowest BCUT2D eigenvalue weighted by molar-refractivity contribution is 0.0644. The third-order valence-electron chi connectivity index (χ3n) is 2.10. The molecule has 0 saturated heterocycles. The van der Waals surface area contributed by atoms with E-state index in [1.807, 2.05) is 6.07 Å². The quantitative estimate of drug-likeness (QED) is 0.738. The van der Waals surface area contributed by atoms with Crippen molar-refractivity contribution in [2.75, 3.05) is 20.3 Å². The van der Waals surface area contributed by atoms with Gasteiger partial charge >= 0.3 is 0 Å². The standard InChI is InChI=1S/C11H16BrNO3/c1-16-7-10(14)6-13-5-8-4-9(12)2-3-11(8)15/h2-4,10,13-15H,5-7H2,1H3. The minimum absolute atomic E-state index is 0.247. The predicted molar refractivity (Wildman–Crippen MR) is 65.4 cm³/mol. The van der Waals surface area contributed by atoms with E-state index >= 15 is 0 Å². The van der Waals surface area contributed by atoms with Gasteiger partial charge in [-0.05, 0) is 18.2 Å². The van der Waals surface area contributed by atoms with Gasteiger partial charge in [0.2, 0.25) is 0 Å². The smallest absolute Gasteiger partial charge is 0.120 e. The third-order valence-corrected chi connectivity index (χ3v) is 2.59. The van der Waals surface area contributed by atoms with Crippen molar-refractivity contribution in [2.45, 2.75) is 12.6 Å². The van der Waals surface area contributed by atoms with Crippen LogP contribution in [0.4, 0.5) is 0 Å². The Morgan fingerprint density at radius 2 is 2.25 bits per heavy atom. The van der Waals surface area contributed by atoms with E-state index in [4.69, 9.17) is 4.74 Å². The summed E-state index contributed by atoms with van der Waals surface area (Å²) in [4.78, 5) is 0. The van der Waals surface area contributed by atoms with Crippen LogP contribution in [-0.2, 0) is 11.3 Å². The van der Waals surface area contributed by atoms with Gasteiger partial charge in [0.25, 0.3) is 0 Å². The fraction of sp³-hybridized carbons (Fsp3) is 0.455. The lowest BCUT2D eigenvalue weighted by Gasteiger charge is -2.11. The van der Waals surface area contributed by atoms with E-state index in [1.54, 1.807) is 19.2 Å². The first kappa shape index (κ1) is 13.4. The minimum atomic E-state index is -0.528. The molecule has 0 aliphatic rings. The first-order valence-electron chi connectivity index (χ1n) is 4.98. The first-order chi connectivity index (χ1) is 7.63. The van der Waals surface area contributed by atoms with Crippen LogP contribution in [0, 0.1) is 0 Å². The summed E-state index contributed by atoms with van der Waals surface area (Å²) in [7, 11) is 1.54. The Morgan fingerprint density at radius 1 is 1.50 bits per heavy atom. The number of phenols is 1. The van der Waals surface area contributed by atoms with E-state index in [1.165, 1.54) is 0 Å². The monoisotopic (exact) mass is 289 g/mol. The number of halogens is 1. The Kier molecular flexibility index (Phi) is 5.76. The molecule has 0 aliphatic heterocycles. The van der Waals surface area contributed by atoms with Crippen molar-refractivity contribution in [3.8, 4) is 5.75 Å². The molecule has 1 aromatic rings. The summed E-state index contributed by atoms with van der Waals surface area (Å²) in [6.45, 7) is 1.24. The fourth-order valence-electron chi connectivity index (χ4n) is 1.32. The van der Waals surface area contributed by atoms with Crippen LogP contribution in [0.25, 0.3) is 0 Å². The second kappa shape index (κ2) is 6.85. The largest absolute Gasteiger partial charge is 0.508 e. The summed E-state index contributed by atoms with van der Waals surface area (Å²) in [6.07, 6.45) is -0.528. The summed E-state index contributed by atoms with van der Waals surface area (Å²) in [5.74, 6) is 0.247. The molecule has 16 heavy (non-hydrogen) atoms. The molecule has 1 atom stereocenters. The van der Waals surface area contributed by atoms with Gasteiger partial charge in [0.1, 0.15) is 5.75 Å². The number of ether oxygens (including phenoxy) is 1. The molecule has 1 rings (SSSR count). The van der Waals surface area contributed by atoms with Crippen LogP contribution in [0.3, 0.4) is 0 Å². The Balaban J connectivity index is 2.39. The molecule has 5 heteroatoms. The molecule has 90 valence electrons. The molecule has 0 aliphatic carbocycles. The Hall–Kier alpha value is -0.620. The van der Waals surface area contributed by atoms with Crippen LogP contribution < -0.4 is 5.32 Å². The summed E-state index contributed by atoms with van der Waals surface area (Å²) in [5, 5.41) is 22.0. The van der Waals surface area contributed by atoms with E-state index < -0.39 is 6.10 Å². The van der Waals surface area contributed by atoms with Gasteiger partial charge in [0.05, 0.1) is 12.7 Å². The maximum absolute atomic E-state index is 9.56. The van der Waals surface area contributed by atoms with Crippen molar-refractivity contribution in [3.05, 3.63) is 28.2 Å². The van der Waals surface area contributed by atoms with Crippen molar-refractivity contribution in [1.82, 2.24) is 5.32 Å². The zero-order valence-electron chi connectivity index (χ0n) is 9.11. The number of aliphatic hydroxyl groups is 1. The molecule has 0 spiro atoms. The van der Waals surface area contributed by atoms with E-state index in [0.29, 0.717) is 19.7 Å². The second-order valence-corrected chi connectivity index (χ2v) is 4.43. The fourth-order valence-corrected chi connectivity index (χ4v) is 1.73. The molecule has 3 N–H and O–H groups in total. The lowest BCUT2D eigenvalue weighted by Crippen LogP contribution is -2.29. The third kappa shape index (κ3) is 4.49. The van der Waals surface area contributed by atoms with Crippen molar-refractivity contribution >= 4 is 15.9 Å². The van der Waals surface area contributed by atoms with Crippen molar-refractivity contribution in [3.63, 3.8) is 0 Å². The minimum Gasteiger partial charge on any atom is -0.508 e. The van der Waals surface area contributed by atoms with Crippen molar-refractivity contribution in [2.24, 2.45) is 0 Å². The van der Waals surface area contributed by atoms with Crippen LogP contribution in [-0.4, -0.2) is 36.6 Å². The molecule has 4 nitrogen and oxygen atoms in total. The highest BCUT2D eigenvalue weighted by molar-refractivity contribution is 9.10. The van der Waals surface area contributed by atoms with Crippen LogP contribution >= 0.6 is 15.9 Å². The Bertz CT molecular complexity index is 333. The second-order valence-electron chi connectivity index (χ2n) is 3.51. The van der Waals surface area contributed by atoms with Gasteiger partial charge in [0, 0.05) is 30.2 Å². The summed E-state index contributed by atoms with van der Waals surface area (Å²) < 4.78 is 5.72. The molecular formula is C11H16BrNO3. The van der Waals surface area contributed by atoms with Crippen LogP contribution in [0.1, 0.15) is 5.56 Å². The summed E-state index contributed by atoms with van der Waals surface area (Å²) in [6, 6.07) is 5.25. The first-order valence-corrected chi connectivity index (χ1v) is 5.78. The number of hydrogen-bond donors (Lipinski definition) is 3. The Labute approximate surface area is 103 Å². The molecule has 0 fully saturated rings. The van der Waals surface area contributed by atoms with Crippen molar-refractivity contribution in [1.29, 1.82) is 0 Å². The average Bonchev–Trinajstić information content (AvgIpc) is 2.23. The molecule has 0 aromatic heterocycles. The summed E-state index contributed by atoms with van der Waals surface area (Å²) in [5.41, 5.74) is 0.791. The average molecular weight is 290 g/mol. The predicted octanol–water partition coefficient (Wildman–Crippen LogP) is 1.25. The SMILES string of the molecule is COCC(O)CNCc1cc(Br)ccc1O. The topological polar surface area (TPSA) is 61.7 Å². The normalized spacial score (nSPS) is 12.7. The van der Waals surface area contributed by atoms with Crippen molar-refractivity contribution < 1.29 is 14.9 Å². The Morgan fingerprint density at radius 3 is 2.94 bits per heavy atom. The van der Waals surface area contributed by atoms with Gasteiger partial charge in [-0.1, -0.05) is 15.9 Å². The van der Waals surface area contributed by atoms with E-state index in [-0.39, 0.29) is 5.75 Å². The number of nitrogens with one attached hydrogen (secondary N) is 1.